The molecule has 0 bridgehead atoms. The van der Waals surface area contributed by atoms with Crippen LogP contribution in [0.3, 0.4) is 0 Å². The van der Waals surface area contributed by atoms with Crippen molar-refractivity contribution in [1.82, 2.24) is 4.31 Å². The van der Waals surface area contributed by atoms with Gasteiger partial charge in [-0.25, -0.2) is 12.7 Å². The molecule has 17 heavy (non-hydrogen) atoms. The number of thiocarbonyl (C=S) groups is 1. The highest BCUT2D eigenvalue weighted by Crippen LogP contribution is 2.23. The number of nitrogens with two attached hydrogens (primary N) is 1. The van der Waals surface area contributed by atoms with Gasteiger partial charge in [0.25, 0.3) is 0 Å². The monoisotopic (exact) mass is 280 g/mol. The maximum Gasteiger partial charge on any atom is 0.223 e. The summed E-state index contributed by atoms with van der Waals surface area (Å²) in [5, 5.41) is -0.737. The van der Waals surface area contributed by atoms with Crippen LogP contribution in [0.5, 0.6) is 0 Å². The molecular formula is C10H20N2O3S2. The molecule has 0 spiro atoms. The van der Waals surface area contributed by atoms with E-state index in [4.69, 9.17) is 22.7 Å². The zero-order valence-electron chi connectivity index (χ0n) is 10.3. The van der Waals surface area contributed by atoms with Crippen LogP contribution in [0, 0.1) is 5.92 Å². The number of nitrogens with zero attached hydrogens (tertiary/aromatic N) is 1. The first-order chi connectivity index (χ1) is 7.93. The van der Waals surface area contributed by atoms with E-state index < -0.39 is 15.3 Å². The number of hydrogen-bond acceptors (Lipinski definition) is 4. The fraction of sp³-hybridized carbons (Fsp3) is 0.900. The van der Waals surface area contributed by atoms with Crippen LogP contribution < -0.4 is 5.73 Å². The molecule has 1 aliphatic rings. The fourth-order valence-electron chi connectivity index (χ4n) is 2.14. The average molecular weight is 280 g/mol. The summed E-state index contributed by atoms with van der Waals surface area (Å²) in [7, 11) is -1.76. The maximum atomic E-state index is 12.3. The Morgan fingerprint density at radius 1 is 1.65 bits per heavy atom. The minimum atomic E-state index is -3.39. The highest BCUT2D eigenvalue weighted by Gasteiger charge is 2.37. The van der Waals surface area contributed by atoms with Crippen LogP contribution in [-0.4, -0.2) is 49.8 Å². The molecule has 2 N–H and O–H groups in total. The SMILES string of the molecule is CCC(C(N)=S)S(=O)(=O)N1CCC(COC)C1. The zero-order valence-corrected chi connectivity index (χ0v) is 11.9. The van der Waals surface area contributed by atoms with Gasteiger partial charge in [-0.05, 0) is 18.8 Å². The summed E-state index contributed by atoms with van der Waals surface area (Å²) in [4.78, 5) is 0.0580. The van der Waals surface area contributed by atoms with Gasteiger partial charge < -0.3 is 10.5 Å². The number of rotatable bonds is 6. The third-order valence-electron chi connectivity index (χ3n) is 3.06. The van der Waals surface area contributed by atoms with Gasteiger partial charge in [-0.15, -0.1) is 0 Å². The molecule has 5 nitrogen and oxygen atoms in total. The van der Waals surface area contributed by atoms with Crippen molar-refractivity contribution in [3.63, 3.8) is 0 Å². The summed E-state index contributed by atoms with van der Waals surface area (Å²) in [5.41, 5.74) is 5.50. The van der Waals surface area contributed by atoms with Crippen molar-refractivity contribution in [1.29, 1.82) is 0 Å². The number of methoxy groups -OCH3 is 1. The van der Waals surface area contributed by atoms with E-state index in [1.54, 1.807) is 14.0 Å². The van der Waals surface area contributed by atoms with Crippen LogP contribution in [-0.2, 0) is 14.8 Å². The molecule has 0 aliphatic carbocycles. The molecule has 0 radical (unpaired) electrons. The standard InChI is InChI=1S/C10H20N2O3S2/c1-3-9(10(11)16)17(13,14)12-5-4-8(6-12)7-15-2/h8-9H,3-7H2,1-2H3,(H2,11,16). The average Bonchev–Trinajstić information content (AvgIpc) is 2.67. The van der Waals surface area contributed by atoms with Crippen molar-refractivity contribution in [2.75, 3.05) is 26.8 Å². The van der Waals surface area contributed by atoms with Crippen LogP contribution in [0.15, 0.2) is 0 Å². The van der Waals surface area contributed by atoms with Gasteiger partial charge in [-0.2, -0.15) is 0 Å². The highest BCUT2D eigenvalue weighted by molar-refractivity contribution is 7.92. The van der Waals surface area contributed by atoms with Gasteiger partial charge >= 0.3 is 0 Å². The van der Waals surface area contributed by atoms with E-state index in [1.165, 1.54) is 4.31 Å². The van der Waals surface area contributed by atoms with Crippen LogP contribution in [0.25, 0.3) is 0 Å². The Labute approximate surface area is 108 Å². The van der Waals surface area contributed by atoms with Crippen molar-refractivity contribution < 1.29 is 13.2 Å². The Kier molecular flexibility index (Phi) is 5.30. The largest absolute Gasteiger partial charge is 0.392 e. The topological polar surface area (TPSA) is 72.6 Å². The zero-order chi connectivity index (χ0) is 13.1. The summed E-state index contributed by atoms with van der Waals surface area (Å²) in [6, 6.07) is 0. The molecule has 1 fully saturated rings. The molecule has 100 valence electrons. The van der Waals surface area contributed by atoms with Crippen molar-refractivity contribution in [3.8, 4) is 0 Å². The highest BCUT2D eigenvalue weighted by atomic mass is 32.2. The van der Waals surface area contributed by atoms with E-state index in [1.807, 2.05) is 0 Å². The summed E-state index contributed by atoms with van der Waals surface area (Å²) < 4.78 is 31.1. The molecule has 0 aromatic carbocycles. The van der Waals surface area contributed by atoms with E-state index in [9.17, 15) is 8.42 Å². The molecule has 2 atom stereocenters. The number of hydrogen-bond donors (Lipinski definition) is 1. The molecule has 0 aromatic heterocycles. The summed E-state index contributed by atoms with van der Waals surface area (Å²) in [6.07, 6.45) is 1.25. The van der Waals surface area contributed by atoms with Crippen molar-refractivity contribution >= 4 is 27.2 Å². The van der Waals surface area contributed by atoms with Crippen LogP contribution in [0.4, 0.5) is 0 Å². The Hall–Kier alpha value is -0.240. The third-order valence-corrected chi connectivity index (χ3v) is 5.85. The van der Waals surface area contributed by atoms with Crippen molar-refractivity contribution in [3.05, 3.63) is 0 Å². The summed E-state index contributed by atoms with van der Waals surface area (Å²) in [5.74, 6) is 0.277. The minimum absolute atomic E-state index is 0.0580. The molecule has 0 aromatic rings. The second-order valence-electron chi connectivity index (χ2n) is 4.31. The Morgan fingerprint density at radius 3 is 2.76 bits per heavy atom. The normalized spacial score (nSPS) is 23.8. The smallest absolute Gasteiger partial charge is 0.223 e. The molecule has 7 heteroatoms. The second-order valence-corrected chi connectivity index (χ2v) is 6.90. The minimum Gasteiger partial charge on any atom is -0.392 e. The Morgan fingerprint density at radius 2 is 2.29 bits per heavy atom. The predicted octanol–water partition coefficient (Wildman–Crippen LogP) is 0.349. The van der Waals surface area contributed by atoms with Crippen molar-refractivity contribution in [2.45, 2.75) is 25.0 Å². The molecule has 0 amide bonds. The summed E-state index contributed by atoms with van der Waals surface area (Å²) in [6.45, 7) is 3.42. The lowest BCUT2D eigenvalue weighted by molar-refractivity contribution is 0.157. The van der Waals surface area contributed by atoms with E-state index in [2.05, 4.69) is 0 Å². The van der Waals surface area contributed by atoms with Gasteiger partial charge in [0.15, 0.2) is 0 Å². The second kappa shape index (κ2) is 6.08. The van der Waals surface area contributed by atoms with Crippen LogP contribution in [0.1, 0.15) is 19.8 Å². The Balaban J connectivity index is 2.75. The lowest BCUT2D eigenvalue weighted by atomic mass is 10.1. The Bertz CT molecular complexity index is 370. The van der Waals surface area contributed by atoms with Gasteiger partial charge in [-0.1, -0.05) is 19.1 Å². The first-order valence-electron chi connectivity index (χ1n) is 5.70. The molecule has 1 aliphatic heterocycles. The summed E-state index contributed by atoms with van der Waals surface area (Å²) >= 11 is 4.83. The van der Waals surface area contributed by atoms with E-state index in [-0.39, 0.29) is 10.9 Å². The number of sulfonamides is 1. The lowest BCUT2D eigenvalue weighted by Crippen LogP contribution is -2.43. The number of ether oxygens (including phenoxy) is 1. The lowest BCUT2D eigenvalue weighted by Gasteiger charge is -2.22. The fourth-order valence-corrected chi connectivity index (χ4v) is 4.52. The predicted molar refractivity (Wildman–Crippen MR) is 71.3 cm³/mol. The first kappa shape index (κ1) is 14.8. The van der Waals surface area contributed by atoms with E-state index >= 15 is 0 Å². The van der Waals surface area contributed by atoms with Gasteiger partial charge in [0, 0.05) is 20.2 Å². The molecule has 0 saturated carbocycles. The molecular weight excluding hydrogens is 260 g/mol. The quantitative estimate of drug-likeness (QED) is 0.711. The van der Waals surface area contributed by atoms with Gasteiger partial charge in [-0.3, -0.25) is 0 Å². The van der Waals surface area contributed by atoms with Crippen molar-refractivity contribution in [2.24, 2.45) is 11.7 Å². The molecule has 2 unspecified atom stereocenters. The third kappa shape index (κ3) is 3.37. The van der Waals surface area contributed by atoms with Crippen LogP contribution >= 0.6 is 12.2 Å². The maximum absolute atomic E-state index is 12.3. The molecule has 1 heterocycles. The van der Waals surface area contributed by atoms with Crippen LogP contribution in [0.2, 0.25) is 0 Å². The molecule has 1 saturated heterocycles. The first-order valence-corrected chi connectivity index (χ1v) is 7.61. The molecule has 1 rings (SSSR count). The van der Waals surface area contributed by atoms with Gasteiger partial charge in [0.05, 0.1) is 11.6 Å². The van der Waals surface area contributed by atoms with Gasteiger partial charge in [0.1, 0.15) is 5.25 Å². The van der Waals surface area contributed by atoms with E-state index in [0.717, 1.165) is 6.42 Å². The van der Waals surface area contributed by atoms with Gasteiger partial charge in [0.2, 0.25) is 10.0 Å². The van der Waals surface area contributed by atoms with E-state index in [0.29, 0.717) is 26.1 Å².